The molecule has 0 aromatic heterocycles. The van der Waals surface area contributed by atoms with Crippen molar-refractivity contribution in [1.82, 2.24) is 0 Å². The summed E-state index contributed by atoms with van der Waals surface area (Å²) >= 11 is 0. The summed E-state index contributed by atoms with van der Waals surface area (Å²) in [5, 5.41) is 10.1. The van der Waals surface area contributed by atoms with E-state index < -0.39 is 5.60 Å². The van der Waals surface area contributed by atoms with Crippen molar-refractivity contribution in [3.05, 3.63) is 29.6 Å². The summed E-state index contributed by atoms with van der Waals surface area (Å²) in [5.74, 6) is -0.199. The van der Waals surface area contributed by atoms with E-state index in [0.29, 0.717) is 6.42 Å². The third-order valence-corrected chi connectivity index (χ3v) is 4.08. The average Bonchev–Trinajstić information content (AvgIpc) is 3.08. The van der Waals surface area contributed by atoms with E-state index in [4.69, 9.17) is 0 Å². The highest BCUT2D eigenvalue weighted by molar-refractivity contribution is 5.55. The fraction of sp³-hybridized carbons (Fsp3) is 0.600. The lowest BCUT2D eigenvalue weighted by molar-refractivity contribution is 0.151. The van der Waals surface area contributed by atoms with Crippen molar-refractivity contribution < 1.29 is 9.50 Å². The SMILES string of the molecule is OC1(Cc2cc(F)ccc2N2CCCCC2)CC1. The summed E-state index contributed by atoms with van der Waals surface area (Å²) in [7, 11) is 0. The molecule has 18 heavy (non-hydrogen) atoms. The lowest BCUT2D eigenvalue weighted by Gasteiger charge is -2.31. The second-order valence-corrected chi connectivity index (χ2v) is 5.72. The van der Waals surface area contributed by atoms with E-state index in [-0.39, 0.29) is 5.82 Å². The van der Waals surface area contributed by atoms with Crippen LogP contribution in [0.15, 0.2) is 18.2 Å². The molecule has 1 aromatic rings. The first-order valence-electron chi connectivity index (χ1n) is 6.92. The van der Waals surface area contributed by atoms with Crippen LogP contribution in [0.2, 0.25) is 0 Å². The molecular weight excluding hydrogens is 229 g/mol. The Balaban J connectivity index is 1.86. The molecule has 1 heterocycles. The lowest BCUT2D eigenvalue weighted by Crippen LogP contribution is -2.30. The first-order chi connectivity index (χ1) is 8.66. The van der Waals surface area contributed by atoms with E-state index in [2.05, 4.69) is 4.90 Å². The highest BCUT2D eigenvalue weighted by atomic mass is 19.1. The number of piperidine rings is 1. The fourth-order valence-corrected chi connectivity index (χ4v) is 2.81. The van der Waals surface area contributed by atoms with Crippen LogP contribution in [0.5, 0.6) is 0 Å². The van der Waals surface area contributed by atoms with Crippen molar-refractivity contribution in [3.63, 3.8) is 0 Å². The second kappa shape index (κ2) is 4.54. The van der Waals surface area contributed by atoms with Crippen LogP contribution in [0.4, 0.5) is 10.1 Å². The first kappa shape index (κ1) is 12.0. The number of halogens is 1. The smallest absolute Gasteiger partial charge is 0.123 e. The third kappa shape index (κ3) is 2.51. The molecule has 0 amide bonds. The lowest BCUT2D eigenvalue weighted by atomic mass is 10.0. The molecule has 1 aromatic carbocycles. The number of nitrogens with zero attached hydrogens (tertiary/aromatic N) is 1. The zero-order chi connectivity index (χ0) is 12.6. The Morgan fingerprint density at radius 2 is 1.89 bits per heavy atom. The van der Waals surface area contributed by atoms with Gasteiger partial charge in [0.25, 0.3) is 0 Å². The molecule has 0 spiro atoms. The predicted molar refractivity (Wildman–Crippen MR) is 70.4 cm³/mol. The zero-order valence-electron chi connectivity index (χ0n) is 10.7. The largest absolute Gasteiger partial charge is 0.390 e. The van der Waals surface area contributed by atoms with Gasteiger partial charge in [0.05, 0.1) is 5.60 Å². The van der Waals surface area contributed by atoms with Crippen molar-refractivity contribution in [2.75, 3.05) is 18.0 Å². The van der Waals surface area contributed by atoms with Gasteiger partial charge in [0.15, 0.2) is 0 Å². The summed E-state index contributed by atoms with van der Waals surface area (Å²) < 4.78 is 13.4. The first-order valence-corrected chi connectivity index (χ1v) is 6.92. The minimum Gasteiger partial charge on any atom is -0.390 e. The van der Waals surface area contributed by atoms with Crippen molar-refractivity contribution in [2.24, 2.45) is 0 Å². The van der Waals surface area contributed by atoms with Crippen molar-refractivity contribution in [1.29, 1.82) is 0 Å². The van der Waals surface area contributed by atoms with E-state index in [9.17, 15) is 9.50 Å². The molecular formula is C15H20FNO. The Labute approximate surface area is 107 Å². The Morgan fingerprint density at radius 1 is 1.17 bits per heavy atom. The van der Waals surface area contributed by atoms with E-state index in [1.54, 1.807) is 6.07 Å². The van der Waals surface area contributed by atoms with Crippen LogP contribution < -0.4 is 4.90 Å². The van der Waals surface area contributed by atoms with E-state index in [1.165, 1.54) is 25.3 Å². The van der Waals surface area contributed by atoms with Gasteiger partial charge >= 0.3 is 0 Å². The van der Waals surface area contributed by atoms with Gasteiger partial charge in [-0.25, -0.2) is 4.39 Å². The molecule has 1 aliphatic heterocycles. The summed E-state index contributed by atoms with van der Waals surface area (Å²) in [5.41, 5.74) is 1.53. The molecule has 98 valence electrons. The summed E-state index contributed by atoms with van der Waals surface area (Å²) in [6.45, 7) is 2.11. The van der Waals surface area contributed by atoms with Crippen molar-refractivity contribution in [2.45, 2.75) is 44.1 Å². The summed E-state index contributed by atoms with van der Waals surface area (Å²) in [6.07, 6.45) is 6.00. The van der Waals surface area contributed by atoms with E-state index in [1.807, 2.05) is 6.07 Å². The monoisotopic (exact) mass is 249 g/mol. The second-order valence-electron chi connectivity index (χ2n) is 5.72. The standard InChI is InChI=1S/C15H20FNO/c16-13-4-5-14(17-8-2-1-3-9-17)12(10-13)11-15(18)6-7-15/h4-5,10,18H,1-3,6-9,11H2. The Kier molecular flexibility index (Phi) is 3.02. The summed E-state index contributed by atoms with van der Waals surface area (Å²) in [6, 6.07) is 5.01. The number of anilines is 1. The molecule has 3 rings (SSSR count). The highest BCUT2D eigenvalue weighted by Gasteiger charge is 2.41. The van der Waals surface area contributed by atoms with E-state index >= 15 is 0 Å². The number of rotatable bonds is 3. The van der Waals surface area contributed by atoms with Gasteiger partial charge in [-0.2, -0.15) is 0 Å². The number of aliphatic hydroxyl groups is 1. The van der Waals surface area contributed by atoms with Crippen LogP contribution >= 0.6 is 0 Å². The van der Waals surface area contributed by atoms with Crippen LogP contribution in [0.1, 0.15) is 37.7 Å². The van der Waals surface area contributed by atoms with Crippen LogP contribution in [0.25, 0.3) is 0 Å². The minimum absolute atomic E-state index is 0.199. The maximum absolute atomic E-state index is 13.4. The number of hydrogen-bond donors (Lipinski definition) is 1. The predicted octanol–water partition coefficient (Wildman–Crippen LogP) is 2.88. The normalized spacial score (nSPS) is 22.0. The summed E-state index contributed by atoms with van der Waals surface area (Å²) in [4.78, 5) is 2.34. The Bertz CT molecular complexity index is 436. The van der Waals surface area contributed by atoms with Crippen molar-refractivity contribution >= 4 is 5.69 Å². The van der Waals surface area contributed by atoms with Gasteiger partial charge in [-0.15, -0.1) is 0 Å². The van der Waals surface area contributed by atoms with Gasteiger partial charge in [-0.3, -0.25) is 0 Å². The van der Waals surface area contributed by atoms with Gasteiger partial charge in [0.1, 0.15) is 5.82 Å². The van der Waals surface area contributed by atoms with Gasteiger partial charge in [0, 0.05) is 25.2 Å². The third-order valence-electron chi connectivity index (χ3n) is 4.08. The number of hydrogen-bond acceptors (Lipinski definition) is 2. The van der Waals surface area contributed by atoms with Crippen LogP contribution in [0, 0.1) is 5.82 Å². The van der Waals surface area contributed by atoms with Gasteiger partial charge in [-0.1, -0.05) is 0 Å². The van der Waals surface area contributed by atoms with Crippen LogP contribution in [-0.4, -0.2) is 23.8 Å². The molecule has 0 unspecified atom stereocenters. The molecule has 1 saturated carbocycles. The number of benzene rings is 1. The molecule has 2 aliphatic rings. The zero-order valence-corrected chi connectivity index (χ0v) is 10.7. The highest BCUT2D eigenvalue weighted by Crippen LogP contribution is 2.40. The molecule has 1 N–H and O–H groups in total. The molecule has 2 nitrogen and oxygen atoms in total. The fourth-order valence-electron chi connectivity index (χ4n) is 2.81. The van der Waals surface area contributed by atoms with Crippen LogP contribution in [0.3, 0.4) is 0 Å². The van der Waals surface area contributed by atoms with Crippen molar-refractivity contribution in [3.8, 4) is 0 Å². The molecule has 2 fully saturated rings. The molecule has 3 heteroatoms. The molecule has 1 saturated heterocycles. The molecule has 0 atom stereocenters. The quantitative estimate of drug-likeness (QED) is 0.890. The Hall–Kier alpha value is -1.09. The average molecular weight is 249 g/mol. The van der Waals surface area contributed by atoms with E-state index in [0.717, 1.165) is 37.2 Å². The topological polar surface area (TPSA) is 23.5 Å². The Morgan fingerprint density at radius 3 is 2.56 bits per heavy atom. The van der Waals surface area contributed by atoms with Crippen LogP contribution in [-0.2, 0) is 6.42 Å². The minimum atomic E-state index is -0.557. The van der Waals surface area contributed by atoms with Gasteiger partial charge in [-0.05, 0) is 55.9 Å². The maximum Gasteiger partial charge on any atom is 0.123 e. The van der Waals surface area contributed by atoms with Gasteiger partial charge in [0.2, 0.25) is 0 Å². The molecule has 0 radical (unpaired) electrons. The maximum atomic E-state index is 13.4. The van der Waals surface area contributed by atoms with Gasteiger partial charge < -0.3 is 10.0 Å². The molecule has 0 bridgehead atoms. The molecule has 1 aliphatic carbocycles.